The van der Waals surface area contributed by atoms with E-state index < -0.39 is 11.5 Å². The zero-order chi connectivity index (χ0) is 19.3. The lowest BCUT2D eigenvalue weighted by atomic mass is 9.78. The number of methoxy groups -OCH3 is 1. The van der Waals surface area contributed by atoms with Crippen molar-refractivity contribution < 1.29 is 19.2 Å². The van der Waals surface area contributed by atoms with Crippen molar-refractivity contribution in [2.75, 3.05) is 24.3 Å². The molecule has 2 aromatic carbocycles. The number of carbonyl (C=O) groups excluding carboxylic acids is 2. The maximum Gasteiger partial charge on any atom is 0.291 e. The second-order valence-corrected chi connectivity index (χ2v) is 7.93. The molecule has 0 aromatic heterocycles. The van der Waals surface area contributed by atoms with Gasteiger partial charge in [-0.25, -0.2) is 0 Å². The average molecular weight is 378 g/mol. The number of anilines is 2. The molecular weight excluding hydrogens is 354 g/mol. The summed E-state index contributed by atoms with van der Waals surface area (Å²) in [6, 6.07) is 15.5. The van der Waals surface area contributed by atoms with Gasteiger partial charge in [-0.1, -0.05) is 18.2 Å². The molecule has 0 radical (unpaired) electrons. The first-order valence-electron chi connectivity index (χ1n) is 9.86. The molecule has 0 aliphatic carbocycles. The number of benzene rings is 2. The van der Waals surface area contributed by atoms with Crippen LogP contribution in [0.15, 0.2) is 48.5 Å². The molecule has 6 heteroatoms. The number of para-hydroxylation sites is 1. The number of amides is 2. The Kier molecular flexibility index (Phi) is 3.91. The first-order chi connectivity index (χ1) is 13.6. The Morgan fingerprint density at radius 3 is 2.79 bits per heavy atom. The van der Waals surface area contributed by atoms with Crippen molar-refractivity contribution in [2.45, 2.75) is 30.8 Å². The van der Waals surface area contributed by atoms with Gasteiger partial charge in [-0.2, -0.15) is 0 Å². The van der Waals surface area contributed by atoms with E-state index in [0.29, 0.717) is 6.04 Å². The Morgan fingerprint density at radius 1 is 1.21 bits per heavy atom. The first kappa shape index (κ1) is 17.3. The van der Waals surface area contributed by atoms with Gasteiger partial charge in [-0.05, 0) is 30.3 Å². The van der Waals surface area contributed by atoms with Crippen LogP contribution < -0.4 is 20.3 Å². The van der Waals surface area contributed by atoms with Gasteiger partial charge >= 0.3 is 0 Å². The van der Waals surface area contributed by atoms with Crippen molar-refractivity contribution in [2.24, 2.45) is 5.92 Å². The third-order valence-corrected chi connectivity index (χ3v) is 6.67. The highest BCUT2D eigenvalue weighted by atomic mass is 16.5. The highest BCUT2D eigenvalue weighted by Crippen LogP contribution is 2.45. The van der Waals surface area contributed by atoms with Crippen LogP contribution in [0.3, 0.4) is 0 Å². The normalized spacial score (nSPS) is 30.0. The lowest BCUT2D eigenvalue weighted by molar-refractivity contribution is -0.947. The van der Waals surface area contributed by atoms with Crippen LogP contribution in [0.1, 0.15) is 24.8 Å². The topological polar surface area (TPSA) is 71.9 Å². The van der Waals surface area contributed by atoms with Crippen LogP contribution in [0.2, 0.25) is 0 Å². The van der Waals surface area contributed by atoms with Gasteiger partial charge in [0.1, 0.15) is 11.7 Å². The van der Waals surface area contributed by atoms with Gasteiger partial charge in [0.25, 0.3) is 5.91 Å². The van der Waals surface area contributed by atoms with Crippen LogP contribution in [0.25, 0.3) is 0 Å². The maximum absolute atomic E-state index is 13.4. The third-order valence-electron chi connectivity index (χ3n) is 6.67. The highest BCUT2D eigenvalue weighted by molar-refractivity contribution is 6.09. The summed E-state index contributed by atoms with van der Waals surface area (Å²) in [5.74, 6) is 0.227. The standard InChI is InChI=1S/C22H23N3O3/c1-28-16-10-8-14(9-11-16)23-20(26)18-13-15-5-4-12-25(15)22(18)17-6-2-3-7-19(17)24-21(22)27/h2-3,6-11,15,18H,4-5,12-13H2,1H3,(H,23,26)(H,24,27)/p+1/t15-,18+,22-/m0/s1. The predicted molar refractivity (Wildman–Crippen MR) is 105 cm³/mol. The van der Waals surface area contributed by atoms with E-state index in [9.17, 15) is 9.59 Å². The summed E-state index contributed by atoms with van der Waals surface area (Å²) in [7, 11) is 1.61. The van der Waals surface area contributed by atoms with Crippen LogP contribution in [0.4, 0.5) is 11.4 Å². The molecule has 2 fully saturated rings. The van der Waals surface area contributed by atoms with E-state index in [0.717, 1.165) is 48.5 Å². The monoisotopic (exact) mass is 378 g/mol. The molecule has 28 heavy (non-hydrogen) atoms. The van der Waals surface area contributed by atoms with Gasteiger partial charge in [0, 0.05) is 30.5 Å². The van der Waals surface area contributed by atoms with Crippen molar-refractivity contribution in [1.82, 2.24) is 0 Å². The average Bonchev–Trinajstić information content (AvgIpc) is 3.37. The fourth-order valence-corrected chi connectivity index (χ4v) is 5.53. The molecule has 0 saturated carbocycles. The van der Waals surface area contributed by atoms with E-state index in [1.165, 1.54) is 4.90 Å². The lowest BCUT2D eigenvalue weighted by Crippen LogP contribution is -3.19. The zero-order valence-corrected chi connectivity index (χ0v) is 15.8. The summed E-state index contributed by atoms with van der Waals surface area (Å²) < 4.78 is 5.18. The lowest BCUT2D eigenvalue weighted by Gasteiger charge is -2.33. The molecule has 3 N–H and O–H groups in total. The minimum Gasteiger partial charge on any atom is -0.497 e. The molecule has 1 spiro atoms. The van der Waals surface area contributed by atoms with E-state index >= 15 is 0 Å². The van der Waals surface area contributed by atoms with Gasteiger partial charge in [0.15, 0.2) is 0 Å². The van der Waals surface area contributed by atoms with E-state index in [-0.39, 0.29) is 11.8 Å². The smallest absolute Gasteiger partial charge is 0.291 e. The molecule has 6 nitrogen and oxygen atoms in total. The van der Waals surface area contributed by atoms with Crippen molar-refractivity contribution in [3.8, 4) is 5.75 Å². The maximum atomic E-state index is 13.4. The molecule has 1 unspecified atom stereocenters. The van der Waals surface area contributed by atoms with Gasteiger partial charge in [-0.3, -0.25) is 9.59 Å². The minimum absolute atomic E-state index is 0.0389. The van der Waals surface area contributed by atoms with Crippen LogP contribution >= 0.6 is 0 Å². The van der Waals surface area contributed by atoms with E-state index in [4.69, 9.17) is 4.74 Å². The minimum atomic E-state index is -0.825. The third kappa shape index (κ3) is 2.31. The number of quaternary nitrogens is 1. The van der Waals surface area contributed by atoms with Gasteiger partial charge in [0.05, 0.1) is 25.4 Å². The summed E-state index contributed by atoms with van der Waals surface area (Å²) in [6.45, 7) is 0.929. The van der Waals surface area contributed by atoms with Crippen molar-refractivity contribution >= 4 is 23.2 Å². The van der Waals surface area contributed by atoms with Gasteiger partial charge < -0.3 is 20.3 Å². The van der Waals surface area contributed by atoms with E-state index in [1.54, 1.807) is 7.11 Å². The predicted octanol–water partition coefficient (Wildman–Crippen LogP) is 1.55. The fourth-order valence-electron chi connectivity index (χ4n) is 5.53. The van der Waals surface area contributed by atoms with Gasteiger partial charge in [0.2, 0.25) is 11.4 Å². The summed E-state index contributed by atoms with van der Waals surface area (Å²) in [5.41, 5.74) is 1.70. The second-order valence-electron chi connectivity index (χ2n) is 7.93. The first-order valence-corrected chi connectivity index (χ1v) is 9.86. The van der Waals surface area contributed by atoms with Crippen molar-refractivity contribution in [3.63, 3.8) is 0 Å². The second kappa shape index (κ2) is 6.34. The zero-order valence-electron chi connectivity index (χ0n) is 15.8. The van der Waals surface area contributed by atoms with Crippen LogP contribution in [0, 0.1) is 5.92 Å². The molecule has 0 bridgehead atoms. The quantitative estimate of drug-likeness (QED) is 0.759. The number of fused-ring (bicyclic) bond motifs is 4. The molecule has 2 aromatic rings. The van der Waals surface area contributed by atoms with Crippen LogP contribution in [0.5, 0.6) is 5.75 Å². The molecule has 3 aliphatic heterocycles. The molecule has 5 rings (SSSR count). The molecule has 2 saturated heterocycles. The molecule has 2 amide bonds. The van der Waals surface area contributed by atoms with E-state index in [2.05, 4.69) is 10.6 Å². The fraction of sp³-hybridized carbons (Fsp3) is 0.364. The van der Waals surface area contributed by atoms with E-state index in [1.807, 2.05) is 48.5 Å². The number of ether oxygens (including phenoxy) is 1. The van der Waals surface area contributed by atoms with Crippen LogP contribution in [-0.2, 0) is 15.1 Å². The number of carbonyl (C=O) groups is 2. The number of hydrogen-bond donors (Lipinski definition) is 3. The Hall–Kier alpha value is -2.86. The molecule has 4 atom stereocenters. The number of hydrogen-bond acceptors (Lipinski definition) is 3. The summed E-state index contributed by atoms with van der Waals surface area (Å²) >= 11 is 0. The Labute approximate surface area is 163 Å². The molecule has 3 aliphatic rings. The summed E-state index contributed by atoms with van der Waals surface area (Å²) in [5, 5.41) is 6.09. The largest absolute Gasteiger partial charge is 0.497 e. The highest BCUT2D eigenvalue weighted by Gasteiger charge is 2.69. The summed E-state index contributed by atoms with van der Waals surface area (Å²) in [6.07, 6.45) is 2.90. The number of nitrogens with one attached hydrogen (secondary N) is 3. The van der Waals surface area contributed by atoms with Crippen molar-refractivity contribution in [1.29, 1.82) is 0 Å². The molecule has 144 valence electrons. The van der Waals surface area contributed by atoms with Crippen molar-refractivity contribution in [3.05, 3.63) is 54.1 Å². The SMILES string of the molecule is COc1ccc(NC(=O)[C@H]2C[C@@H]3CCC[NH+]3[C@]23C(=O)Nc2ccccc23)cc1. The van der Waals surface area contributed by atoms with Crippen LogP contribution in [-0.4, -0.2) is 31.5 Å². The molecule has 3 heterocycles. The summed E-state index contributed by atoms with van der Waals surface area (Å²) in [4.78, 5) is 28.0. The Morgan fingerprint density at radius 2 is 2.00 bits per heavy atom. The Bertz CT molecular complexity index is 942. The van der Waals surface area contributed by atoms with Gasteiger partial charge in [-0.15, -0.1) is 0 Å². The Balaban J connectivity index is 1.53. The molecular formula is C22H24N3O3+. The number of rotatable bonds is 3.